The number of nitrogens with zero attached hydrogens (tertiary/aromatic N) is 2. The van der Waals surface area contributed by atoms with Gasteiger partial charge in [-0.25, -0.2) is 8.42 Å². The van der Waals surface area contributed by atoms with Crippen molar-refractivity contribution in [2.45, 2.75) is 20.4 Å². The number of nitro groups is 1. The van der Waals surface area contributed by atoms with Crippen LogP contribution in [0.1, 0.15) is 18.1 Å². The molecular weight excluding hydrogens is 398 g/mol. The zero-order valence-corrected chi connectivity index (χ0v) is 17.2. The Bertz CT molecular complexity index is 990. The quantitative estimate of drug-likeness (QED) is 0.490. The molecular formula is C19H23N3O6S. The summed E-state index contributed by atoms with van der Waals surface area (Å²) < 4.78 is 30.7. The topological polar surface area (TPSA) is 119 Å². The number of nitro benzene ring substituents is 1. The molecule has 1 amide bonds. The molecule has 0 saturated carbocycles. The van der Waals surface area contributed by atoms with Crippen LogP contribution in [0.5, 0.6) is 5.75 Å². The first kappa shape index (κ1) is 22.2. The lowest BCUT2D eigenvalue weighted by Gasteiger charge is -2.23. The monoisotopic (exact) mass is 421 g/mol. The number of sulfonamides is 1. The summed E-state index contributed by atoms with van der Waals surface area (Å²) in [6.45, 7) is 3.59. The highest BCUT2D eigenvalue weighted by Gasteiger charge is 2.25. The number of carbonyl (C=O) groups is 1. The lowest BCUT2D eigenvalue weighted by Crippen LogP contribution is -2.40. The van der Waals surface area contributed by atoms with Gasteiger partial charge in [0.1, 0.15) is 12.3 Å². The highest BCUT2D eigenvalue weighted by atomic mass is 32.2. The van der Waals surface area contributed by atoms with E-state index in [0.29, 0.717) is 12.4 Å². The first-order valence-electron chi connectivity index (χ1n) is 8.83. The van der Waals surface area contributed by atoms with Gasteiger partial charge in [0.2, 0.25) is 15.9 Å². The maximum Gasteiger partial charge on any atom is 0.274 e. The van der Waals surface area contributed by atoms with Crippen molar-refractivity contribution in [3.63, 3.8) is 0 Å². The molecule has 0 radical (unpaired) electrons. The minimum atomic E-state index is -3.84. The Balaban J connectivity index is 2.14. The van der Waals surface area contributed by atoms with E-state index < -0.39 is 27.4 Å². The number of carbonyl (C=O) groups excluding carboxylic acids is 1. The molecule has 29 heavy (non-hydrogen) atoms. The van der Waals surface area contributed by atoms with E-state index in [-0.39, 0.29) is 23.5 Å². The van der Waals surface area contributed by atoms with Crippen LogP contribution in [0.4, 0.5) is 11.4 Å². The molecule has 0 aliphatic carbocycles. The van der Waals surface area contributed by atoms with E-state index in [1.807, 2.05) is 6.92 Å². The van der Waals surface area contributed by atoms with E-state index in [1.54, 1.807) is 24.3 Å². The number of benzene rings is 2. The Labute approximate surface area is 169 Å². The number of nitrogens with one attached hydrogen (secondary N) is 1. The fraction of sp³-hybridized carbons (Fsp3) is 0.316. The minimum absolute atomic E-state index is 0.0953. The summed E-state index contributed by atoms with van der Waals surface area (Å²) in [4.78, 5) is 22.9. The summed E-state index contributed by atoms with van der Waals surface area (Å²) >= 11 is 0. The number of hydrogen-bond donors (Lipinski definition) is 1. The summed E-state index contributed by atoms with van der Waals surface area (Å²) in [5.74, 6) is 0.183. The summed E-state index contributed by atoms with van der Waals surface area (Å²) in [6, 6.07) is 11.3. The van der Waals surface area contributed by atoms with Gasteiger partial charge < -0.3 is 10.1 Å². The van der Waals surface area contributed by atoms with Gasteiger partial charge in [0.15, 0.2) is 0 Å². The van der Waals surface area contributed by atoms with Crippen LogP contribution in [-0.2, 0) is 21.4 Å². The second kappa shape index (κ2) is 9.37. The predicted octanol–water partition coefficient (Wildman–Crippen LogP) is 2.38. The van der Waals surface area contributed by atoms with Crippen LogP contribution >= 0.6 is 0 Å². The van der Waals surface area contributed by atoms with Crippen LogP contribution in [0.2, 0.25) is 0 Å². The van der Waals surface area contributed by atoms with Crippen LogP contribution in [0.15, 0.2) is 42.5 Å². The first-order chi connectivity index (χ1) is 13.6. The Morgan fingerprint density at radius 2 is 1.86 bits per heavy atom. The summed E-state index contributed by atoms with van der Waals surface area (Å²) in [5.41, 5.74) is 0.866. The third kappa shape index (κ3) is 5.92. The van der Waals surface area contributed by atoms with Crippen molar-refractivity contribution >= 4 is 27.3 Å². The van der Waals surface area contributed by atoms with Gasteiger partial charge in [-0.05, 0) is 37.6 Å². The number of amides is 1. The zero-order valence-electron chi connectivity index (χ0n) is 16.4. The number of ether oxygens (including phenoxy) is 1. The van der Waals surface area contributed by atoms with Crippen LogP contribution < -0.4 is 14.4 Å². The van der Waals surface area contributed by atoms with Crippen molar-refractivity contribution in [3.05, 3.63) is 63.7 Å². The van der Waals surface area contributed by atoms with Gasteiger partial charge in [-0.15, -0.1) is 0 Å². The van der Waals surface area contributed by atoms with E-state index >= 15 is 0 Å². The Morgan fingerprint density at radius 3 is 2.41 bits per heavy atom. The molecule has 2 aromatic carbocycles. The van der Waals surface area contributed by atoms with Crippen LogP contribution in [0.25, 0.3) is 0 Å². The SMILES string of the molecule is CCOc1ccc(CNC(=O)CN(c2cccc([N+](=O)[O-])c2C)S(C)(=O)=O)cc1. The van der Waals surface area contributed by atoms with Gasteiger partial charge >= 0.3 is 0 Å². The molecule has 0 heterocycles. The van der Waals surface area contributed by atoms with Crippen molar-refractivity contribution in [1.29, 1.82) is 0 Å². The van der Waals surface area contributed by atoms with Gasteiger partial charge in [-0.1, -0.05) is 18.2 Å². The highest BCUT2D eigenvalue weighted by molar-refractivity contribution is 7.92. The average molecular weight is 421 g/mol. The molecule has 0 spiro atoms. The van der Waals surface area contributed by atoms with Crippen molar-refractivity contribution < 1.29 is 22.9 Å². The van der Waals surface area contributed by atoms with Crippen LogP contribution in [0, 0.1) is 17.0 Å². The van der Waals surface area contributed by atoms with E-state index in [1.165, 1.54) is 25.1 Å². The van der Waals surface area contributed by atoms with Gasteiger partial charge in [-0.3, -0.25) is 19.2 Å². The standard InChI is InChI=1S/C19H23N3O6S/c1-4-28-16-10-8-15(9-11-16)12-20-19(23)13-21(29(3,26)27)17-6-5-7-18(14(17)2)22(24)25/h5-11H,4,12-13H2,1-3H3,(H,20,23). The van der Waals surface area contributed by atoms with E-state index in [2.05, 4.69) is 5.32 Å². The van der Waals surface area contributed by atoms with Gasteiger partial charge in [0, 0.05) is 12.6 Å². The van der Waals surface area contributed by atoms with Gasteiger partial charge in [0.25, 0.3) is 5.69 Å². The number of anilines is 1. The lowest BCUT2D eigenvalue weighted by atomic mass is 10.1. The van der Waals surface area contributed by atoms with Gasteiger partial charge in [0.05, 0.1) is 29.0 Å². The second-order valence-corrected chi connectivity index (χ2v) is 8.21. The van der Waals surface area contributed by atoms with Crippen LogP contribution in [0.3, 0.4) is 0 Å². The molecule has 0 aliphatic heterocycles. The smallest absolute Gasteiger partial charge is 0.274 e. The fourth-order valence-electron chi connectivity index (χ4n) is 2.72. The summed E-state index contributed by atoms with van der Waals surface area (Å²) in [7, 11) is -3.84. The lowest BCUT2D eigenvalue weighted by molar-refractivity contribution is -0.385. The fourth-order valence-corrected chi connectivity index (χ4v) is 3.62. The molecule has 9 nitrogen and oxygen atoms in total. The van der Waals surface area contributed by atoms with Crippen molar-refractivity contribution in [2.75, 3.05) is 23.7 Å². The van der Waals surface area contributed by atoms with Gasteiger partial charge in [-0.2, -0.15) is 0 Å². The van der Waals surface area contributed by atoms with E-state index in [9.17, 15) is 23.3 Å². The minimum Gasteiger partial charge on any atom is -0.494 e. The molecule has 0 atom stereocenters. The number of rotatable bonds is 9. The Kier molecular flexibility index (Phi) is 7.16. The van der Waals surface area contributed by atoms with Crippen molar-refractivity contribution in [2.24, 2.45) is 0 Å². The maximum absolute atomic E-state index is 12.4. The molecule has 2 aromatic rings. The maximum atomic E-state index is 12.4. The Morgan fingerprint density at radius 1 is 1.21 bits per heavy atom. The number of hydrogen-bond acceptors (Lipinski definition) is 6. The molecule has 0 unspecified atom stereocenters. The second-order valence-electron chi connectivity index (χ2n) is 6.30. The van der Waals surface area contributed by atoms with Crippen molar-refractivity contribution in [1.82, 2.24) is 5.32 Å². The molecule has 0 fully saturated rings. The predicted molar refractivity (Wildman–Crippen MR) is 109 cm³/mol. The molecule has 1 N–H and O–H groups in total. The molecule has 0 saturated heterocycles. The normalized spacial score (nSPS) is 11.0. The molecule has 10 heteroatoms. The Hall–Kier alpha value is -3.14. The molecule has 0 aliphatic rings. The van der Waals surface area contributed by atoms with E-state index in [4.69, 9.17) is 4.74 Å². The summed E-state index contributed by atoms with van der Waals surface area (Å²) in [5, 5.41) is 13.8. The summed E-state index contributed by atoms with van der Waals surface area (Å²) in [6.07, 6.45) is 0.949. The van der Waals surface area contributed by atoms with E-state index in [0.717, 1.165) is 16.1 Å². The highest BCUT2D eigenvalue weighted by Crippen LogP contribution is 2.29. The average Bonchev–Trinajstić information content (AvgIpc) is 2.65. The molecule has 156 valence electrons. The van der Waals surface area contributed by atoms with Crippen molar-refractivity contribution in [3.8, 4) is 5.75 Å². The zero-order chi connectivity index (χ0) is 21.6. The van der Waals surface area contributed by atoms with Crippen LogP contribution in [-0.4, -0.2) is 38.7 Å². The third-order valence-corrected chi connectivity index (χ3v) is 5.28. The largest absolute Gasteiger partial charge is 0.494 e. The first-order valence-corrected chi connectivity index (χ1v) is 10.7. The molecule has 0 bridgehead atoms. The molecule has 0 aromatic heterocycles. The third-order valence-electron chi connectivity index (χ3n) is 4.15. The molecule has 2 rings (SSSR count).